The molecule has 0 saturated heterocycles. The lowest BCUT2D eigenvalue weighted by Gasteiger charge is -2.10. The Bertz CT molecular complexity index is 817. The van der Waals surface area contributed by atoms with Crippen LogP contribution in [0.15, 0.2) is 29.2 Å². The van der Waals surface area contributed by atoms with Crippen LogP contribution in [0.25, 0.3) is 0 Å². The van der Waals surface area contributed by atoms with Gasteiger partial charge < -0.3 is 14.4 Å². The number of pyridine rings is 1. The number of aromatic nitrogens is 1. The number of esters is 1. The van der Waals surface area contributed by atoms with E-state index >= 15 is 0 Å². The fourth-order valence-corrected chi connectivity index (χ4v) is 1.92. The second kappa shape index (κ2) is 6.55. The molecule has 0 aliphatic carbocycles. The summed E-state index contributed by atoms with van der Waals surface area (Å²) in [6.45, 7) is 1.16. The smallest absolute Gasteiger partial charge is 0.343 e. The summed E-state index contributed by atoms with van der Waals surface area (Å²) in [7, 11) is 0. The van der Waals surface area contributed by atoms with Crippen LogP contribution in [-0.4, -0.2) is 22.2 Å². The molecule has 1 aromatic carbocycles. The first-order valence-corrected chi connectivity index (χ1v) is 6.57. The third kappa shape index (κ3) is 3.53. The van der Waals surface area contributed by atoms with E-state index in [1.807, 2.05) is 0 Å². The molecule has 2 aromatic rings. The molecule has 0 aliphatic rings. The highest BCUT2D eigenvalue weighted by Crippen LogP contribution is 2.17. The SMILES string of the molecule is CCOC(=O)c1cn(Cc2cc(F)c(F)cc2F)c(=O)cc1O. The molecule has 0 unspecified atom stereocenters. The number of ether oxygens (including phenoxy) is 1. The number of rotatable bonds is 4. The molecule has 122 valence electrons. The Hall–Kier alpha value is -2.77. The molecule has 0 bridgehead atoms. The maximum atomic E-state index is 13.6. The summed E-state index contributed by atoms with van der Waals surface area (Å²) in [6, 6.07) is 1.74. The van der Waals surface area contributed by atoms with E-state index in [-0.39, 0.29) is 17.7 Å². The van der Waals surface area contributed by atoms with Crippen LogP contribution in [0.5, 0.6) is 5.75 Å². The highest BCUT2D eigenvalue weighted by atomic mass is 19.2. The van der Waals surface area contributed by atoms with E-state index < -0.39 is 41.3 Å². The molecule has 23 heavy (non-hydrogen) atoms. The molecule has 0 radical (unpaired) electrons. The molecule has 0 spiro atoms. The summed E-state index contributed by atoms with van der Waals surface area (Å²) in [5, 5.41) is 9.62. The van der Waals surface area contributed by atoms with Gasteiger partial charge in [0.25, 0.3) is 5.56 Å². The van der Waals surface area contributed by atoms with Crippen molar-refractivity contribution in [2.24, 2.45) is 0 Å². The predicted molar refractivity (Wildman–Crippen MR) is 73.7 cm³/mol. The number of nitrogens with zero attached hydrogens (tertiary/aromatic N) is 1. The van der Waals surface area contributed by atoms with E-state index in [4.69, 9.17) is 4.74 Å². The third-order valence-corrected chi connectivity index (χ3v) is 3.03. The zero-order valence-corrected chi connectivity index (χ0v) is 12.0. The fourth-order valence-electron chi connectivity index (χ4n) is 1.92. The molecular formula is C15H12F3NO4. The minimum absolute atomic E-state index is 0.0508. The average Bonchev–Trinajstić information content (AvgIpc) is 2.47. The molecule has 0 fully saturated rings. The van der Waals surface area contributed by atoms with Gasteiger partial charge in [-0.3, -0.25) is 4.79 Å². The molecule has 2 rings (SSSR count). The number of carbonyl (C=O) groups excluding carboxylic acids is 1. The summed E-state index contributed by atoms with van der Waals surface area (Å²) in [5.41, 5.74) is -1.33. The van der Waals surface area contributed by atoms with Gasteiger partial charge >= 0.3 is 5.97 Å². The van der Waals surface area contributed by atoms with Crippen LogP contribution in [0.4, 0.5) is 13.2 Å². The van der Waals surface area contributed by atoms with Crippen LogP contribution < -0.4 is 5.56 Å². The highest BCUT2D eigenvalue weighted by molar-refractivity contribution is 5.91. The third-order valence-electron chi connectivity index (χ3n) is 3.03. The van der Waals surface area contributed by atoms with Crippen LogP contribution in [0, 0.1) is 17.5 Å². The summed E-state index contributed by atoms with van der Waals surface area (Å²) >= 11 is 0. The number of benzene rings is 1. The maximum Gasteiger partial charge on any atom is 0.343 e. The Morgan fingerprint density at radius 3 is 2.48 bits per heavy atom. The van der Waals surface area contributed by atoms with Gasteiger partial charge in [-0.05, 0) is 13.0 Å². The van der Waals surface area contributed by atoms with Crippen LogP contribution in [0.2, 0.25) is 0 Å². The Balaban J connectivity index is 2.44. The normalized spacial score (nSPS) is 10.6. The van der Waals surface area contributed by atoms with Gasteiger partial charge in [-0.1, -0.05) is 0 Å². The van der Waals surface area contributed by atoms with Crippen molar-refractivity contribution in [2.45, 2.75) is 13.5 Å². The van der Waals surface area contributed by atoms with Gasteiger partial charge in [0.1, 0.15) is 17.1 Å². The first kappa shape index (κ1) is 16.6. The quantitative estimate of drug-likeness (QED) is 0.690. The minimum Gasteiger partial charge on any atom is -0.507 e. The van der Waals surface area contributed by atoms with E-state index in [1.165, 1.54) is 0 Å². The Labute approximate surface area is 128 Å². The van der Waals surface area contributed by atoms with Crippen molar-refractivity contribution >= 4 is 5.97 Å². The van der Waals surface area contributed by atoms with Gasteiger partial charge in [0.2, 0.25) is 0 Å². The van der Waals surface area contributed by atoms with E-state index in [0.717, 1.165) is 16.8 Å². The van der Waals surface area contributed by atoms with Crippen molar-refractivity contribution in [1.82, 2.24) is 4.57 Å². The molecule has 0 saturated carbocycles. The van der Waals surface area contributed by atoms with Crippen molar-refractivity contribution in [2.75, 3.05) is 6.61 Å². The van der Waals surface area contributed by atoms with Gasteiger partial charge in [-0.25, -0.2) is 18.0 Å². The molecule has 1 aromatic heterocycles. The van der Waals surface area contributed by atoms with E-state index in [9.17, 15) is 27.9 Å². The van der Waals surface area contributed by atoms with Crippen LogP contribution in [0.3, 0.4) is 0 Å². The van der Waals surface area contributed by atoms with E-state index in [1.54, 1.807) is 6.92 Å². The number of hydrogen-bond donors (Lipinski definition) is 1. The highest BCUT2D eigenvalue weighted by Gasteiger charge is 2.16. The average molecular weight is 327 g/mol. The molecule has 0 aliphatic heterocycles. The minimum atomic E-state index is -1.35. The van der Waals surface area contributed by atoms with Crippen LogP contribution in [0.1, 0.15) is 22.8 Å². The number of aromatic hydroxyl groups is 1. The summed E-state index contributed by atoms with van der Waals surface area (Å²) in [5.74, 6) is -5.11. The lowest BCUT2D eigenvalue weighted by atomic mass is 10.2. The van der Waals surface area contributed by atoms with Crippen molar-refractivity contribution in [3.05, 3.63) is 63.3 Å². The van der Waals surface area contributed by atoms with Gasteiger partial charge in [0, 0.05) is 23.9 Å². The Morgan fingerprint density at radius 1 is 1.17 bits per heavy atom. The Morgan fingerprint density at radius 2 is 1.83 bits per heavy atom. The van der Waals surface area contributed by atoms with Gasteiger partial charge in [-0.2, -0.15) is 0 Å². The lowest BCUT2D eigenvalue weighted by molar-refractivity contribution is 0.0522. The van der Waals surface area contributed by atoms with Crippen molar-refractivity contribution in [3.63, 3.8) is 0 Å². The van der Waals surface area contributed by atoms with Crippen molar-refractivity contribution in [3.8, 4) is 5.75 Å². The molecule has 0 atom stereocenters. The fraction of sp³-hybridized carbons (Fsp3) is 0.200. The molecular weight excluding hydrogens is 315 g/mol. The van der Waals surface area contributed by atoms with E-state index in [0.29, 0.717) is 12.1 Å². The monoisotopic (exact) mass is 327 g/mol. The summed E-state index contributed by atoms with van der Waals surface area (Å²) in [6.07, 6.45) is 0.969. The van der Waals surface area contributed by atoms with Crippen LogP contribution >= 0.6 is 0 Å². The van der Waals surface area contributed by atoms with Crippen LogP contribution in [-0.2, 0) is 11.3 Å². The molecule has 8 heteroatoms. The Kier molecular flexibility index (Phi) is 4.73. The zero-order chi connectivity index (χ0) is 17.1. The summed E-state index contributed by atoms with van der Waals surface area (Å²) < 4.78 is 45.3. The first-order chi connectivity index (χ1) is 10.8. The van der Waals surface area contributed by atoms with Crippen molar-refractivity contribution in [1.29, 1.82) is 0 Å². The van der Waals surface area contributed by atoms with Gasteiger partial charge in [0.05, 0.1) is 13.2 Å². The largest absolute Gasteiger partial charge is 0.507 e. The second-order valence-corrected chi connectivity index (χ2v) is 4.62. The standard InChI is InChI=1S/C15H12F3NO4/c1-2-23-15(22)9-7-19(14(21)5-13(9)20)6-8-3-11(17)12(18)4-10(8)16/h3-5,7,20H,2,6H2,1H3. The number of halogens is 3. The predicted octanol–water partition coefficient (Wildman–Crippen LogP) is 2.20. The topological polar surface area (TPSA) is 68.5 Å². The van der Waals surface area contributed by atoms with E-state index in [2.05, 4.69) is 0 Å². The van der Waals surface area contributed by atoms with Gasteiger partial charge in [-0.15, -0.1) is 0 Å². The summed E-state index contributed by atoms with van der Waals surface area (Å²) in [4.78, 5) is 23.5. The second-order valence-electron chi connectivity index (χ2n) is 4.62. The number of hydrogen-bond acceptors (Lipinski definition) is 4. The number of carbonyl (C=O) groups is 1. The molecule has 1 heterocycles. The molecule has 1 N–H and O–H groups in total. The molecule has 5 nitrogen and oxygen atoms in total. The maximum absolute atomic E-state index is 13.6. The van der Waals surface area contributed by atoms with Crippen molar-refractivity contribution < 1.29 is 27.8 Å². The first-order valence-electron chi connectivity index (χ1n) is 6.57. The molecule has 0 amide bonds. The van der Waals surface area contributed by atoms with Gasteiger partial charge in [0.15, 0.2) is 11.6 Å². The lowest BCUT2D eigenvalue weighted by Crippen LogP contribution is -2.22. The zero-order valence-electron chi connectivity index (χ0n) is 12.0.